The number of ether oxygens (including phenoxy) is 2. The Morgan fingerprint density at radius 3 is 1.46 bits per heavy atom. The lowest BCUT2D eigenvalue weighted by molar-refractivity contribution is 0.0423. The van der Waals surface area contributed by atoms with Crippen molar-refractivity contribution in [2.24, 2.45) is 0 Å². The summed E-state index contributed by atoms with van der Waals surface area (Å²) in [5.74, 6) is 0.970. The van der Waals surface area contributed by atoms with Crippen LogP contribution in [0.25, 0.3) is 0 Å². The maximum atomic E-state index is 13.7. The fourth-order valence-electron chi connectivity index (χ4n) is 8.69. The average molecular weight is 791 g/mol. The van der Waals surface area contributed by atoms with Crippen molar-refractivity contribution in [3.05, 3.63) is 148 Å². The fraction of sp³-hybridized carbons (Fsp3) is 0.333. The SMILES string of the molecule is CCCC(C)(CC)c1cccc(N2C(=O)c3ccc(Oc4ccc(C(C)(C)c5ccc(Oc6ccc7c(c6)C(=O)N(C(C)(CC)CCC)C7=O)cc5)cc4)cc3C2=O)c1. The Kier molecular flexibility index (Phi) is 11.1. The molecule has 4 amide bonds. The molecule has 0 N–H and O–H groups in total. The molecule has 304 valence electrons. The van der Waals surface area contributed by atoms with Crippen molar-refractivity contribution >= 4 is 29.3 Å². The van der Waals surface area contributed by atoms with Crippen LogP contribution in [0.2, 0.25) is 0 Å². The second-order valence-corrected chi connectivity index (χ2v) is 17.0. The van der Waals surface area contributed by atoms with E-state index in [2.05, 4.69) is 47.6 Å². The summed E-state index contributed by atoms with van der Waals surface area (Å²) < 4.78 is 12.4. The summed E-state index contributed by atoms with van der Waals surface area (Å²) in [5.41, 5.74) is 4.37. The van der Waals surface area contributed by atoms with E-state index < -0.39 is 5.54 Å². The Hall–Kier alpha value is -6.02. The molecule has 0 aromatic heterocycles. The number of hydrogen-bond acceptors (Lipinski definition) is 6. The monoisotopic (exact) mass is 790 g/mol. The van der Waals surface area contributed by atoms with E-state index in [0.717, 1.165) is 48.8 Å². The molecule has 0 fully saturated rings. The lowest BCUT2D eigenvalue weighted by Gasteiger charge is -2.36. The molecule has 2 aliphatic rings. The molecule has 5 aromatic carbocycles. The lowest BCUT2D eigenvalue weighted by atomic mass is 9.76. The van der Waals surface area contributed by atoms with Gasteiger partial charge in [-0.2, -0.15) is 0 Å². The van der Waals surface area contributed by atoms with E-state index in [1.807, 2.05) is 80.6 Å². The second kappa shape index (κ2) is 16.0. The predicted molar refractivity (Wildman–Crippen MR) is 232 cm³/mol. The van der Waals surface area contributed by atoms with Gasteiger partial charge in [-0.15, -0.1) is 0 Å². The van der Waals surface area contributed by atoms with Crippen molar-refractivity contribution in [3.63, 3.8) is 0 Å². The predicted octanol–water partition coefficient (Wildman–Crippen LogP) is 12.4. The van der Waals surface area contributed by atoms with Gasteiger partial charge in [-0.1, -0.05) is 97.7 Å². The molecule has 2 unspecified atom stereocenters. The molecule has 2 heterocycles. The number of anilines is 1. The molecule has 0 bridgehead atoms. The highest BCUT2D eigenvalue weighted by Gasteiger charge is 2.45. The first kappa shape index (κ1) is 41.2. The van der Waals surface area contributed by atoms with Crippen molar-refractivity contribution in [3.8, 4) is 23.0 Å². The van der Waals surface area contributed by atoms with Gasteiger partial charge in [-0.25, -0.2) is 4.90 Å². The van der Waals surface area contributed by atoms with E-state index in [9.17, 15) is 19.2 Å². The topological polar surface area (TPSA) is 93.2 Å². The zero-order valence-corrected chi connectivity index (χ0v) is 35.5. The Balaban J connectivity index is 1.02. The molecule has 59 heavy (non-hydrogen) atoms. The van der Waals surface area contributed by atoms with Crippen molar-refractivity contribution in [1.29, 1.82) is 0 Å². The Labute approximate surface area is 348 Å². The first-order valence-corrected chi connectivity index (χ1v) is 20.9. The summed E-state index contributed by atoms with van der Waals surface area (Å²) in [7, 11) is 0. The summed E-state index contributed by atoms with van der Waals surface area (Å²) in [5, 5.41) is 0. The van der Waals surface area contributed by atoms with Crippen LogP contribution in [0.5, 0.6) is 23.0 Å². The average Bonchev–Trinajstić information content (AvgIpc) is 3.64. The number of amides is 4. The van der Waals surface area contributed by atoms with Gasteiger partial charge in [0.05, 0.1) is 27.9 Å². The summed E-state index contributed by atoms with van der Waals surface area (Å²) in [6.07, 6.45) is 5.32. The third kappa shape index (κ3) is 7.45. The number of imide groups is 2. The first-order chi connectivity index (χ1) is 28.2. The van der Waals surface area contributed by atoms with Gasteiger partial charge < -0.3 is 9.47 Å². The van der Waals surface area contributed by atoms with E-state index in [-0.39, 0.29) is 34.5 Å². The van der Waals surface area contributed by atoms with Crippen molar-refractivity contribution in [2.45, 2.75) is 110 Å². The normalized spacial score (nSPS) is 15.9. The minimum Gasteiger partial charge on any atom is -0.457 e. The van der Waals surface area contributed by atoms with Crippen LogP contribution in [0.15, 0.2) is 109 Å². The summed E-state index contributed by atoms with van der Waals surface area (Å²) in [4.78, 5) is 56.7. The van der Waals surface area contributed by atoms with Gasteiger partial charge in [-0.05, 0) is 128 Å². The molecule has 7 rings (SSSR count). The summed E-state index contributed by atoms with van der Waals surface area (Å²) in [6, 6.07) is 33.7. The van der Waals surface area contributed by atoms with Gasteiger partial charge >= 0.3 is 0 Å². The number of rotatable bonds is 15. The molecule has 0 aliphatic carbocycles. The molecule has 8 heteroatoms. The molecule has 2 atom stereocenters. The van der Waals surface area contributed by atoms with Gasteiger partial charge in [-0.3, -0.25) is 24.1 Å². The highest BCUT2D eigenvalue weighted by atomic mass is 16.5. The van der Waals surface area contributed by atoms with E-state index >= 15 is 0 Å². The number of nitrogens with zero attached hydrogens (tertiary/aromatic N) is 2. The van der Waals surface area contributed by atoms with Crippen LogP contribution >= 0.6 is 0 Å². The highest BCUT2D eigenvalue weighted by Crippen LogP contribution is 2.40. The van der Waals surface area contributed by atoms with E-state index in [0.29, 0.717) is 57.4 Å². The van der Waals surface area contributed by atoms with Crippen LogP contribution < -0.4 is 14.4 Å². The van der Waals surface area contributed by atoms with E-state index in [4.69, 9.17) is 9.47 Å². The quantitative estimate of drug-likeness (QED) is 0.0980. The van der Waals surface area contributed by atoms with Gasteiger partial charge in [0.1, 0.15) is 23.0 Å². The van der Waals surface area contributed by atoms with Crippen LogP contribution in [0.3, 0.4) is 0 Å². The molecule has 0 saturated heterocycles. The van der Waals surface area contributed by atoms with Crippen LogP contribution in [0.1, 0.15) is 152 Å². The molecular formula is C51H54N2O6. The molecule has 5 aromatic rings. The zero-order chi connectivity index (χ0) is 42.3. The molecule has 8 nitrogen and oxygen atoms in total. The first-order valence-electron chi connectivity index (χ1n) is 20.9. The van der Waals surface area contributed by atoms with Crippen LogP contribution in [-0.4, -0.2) is 34.1 Å². The number of carbonyl (C=O) groups is 4. The number of hydrogen-bond donors (Lipinski definition) is 0. The van der Waals surface area contributed by atoms with Gasteiger partial charge in [0.15, 0.2) is 0 Å². The largest absolute Gasteiger partial charge is 0.457 e. The fourth-order valence-corrected chi connectivity index (χ4v) is 8.69. The van der Waals surface area contributed by atoms with Gasteiger partial charge in [0.25, 0.3) is 23.6 Å². The Bertz CT molecular complexity index is 2430. The van der Waals surface area contributed by atoms with Crippen molar-refractivity contribution in [1.82, 2.24) is 4.90 Å². The summed E-state index contributed by atoms with van der Waals surface area (Å²) in [6.45, 7) is 16.9. The number of benzene rings is 5. The molecule has 0 saturated carbocycles. The summed E-state index contributed by atoms with van der Waals surface area (Å²) >= 11 is 0. The van der Waals surface area contributed by atoms with Crippen LogP contribution in [0, 0.1) is 0 Å². The maximum absolute atomic E-state index is 13.7. The number of fused-ring (bicyclic) bond motifs is 2. The van der Waals surface area contributed by atoms with Crippen LogP contribution in [0.4, 0.5) is 5.69 Å². The lowest BCUT2D eigenvalue weighted by Crippen LogP contribution is -2.49. The zero-order valence-electron chi connectivity index (χ0n) is 35.5. The van der Waals surface area contributed by atoms with E-state index in [1.165, 1.54) is 9.80 Å². The second-order valence-electron chi connectivity index (χ2n) is 17.0. The molecule has 0 spiro atoms. The Morgan fingerprint density at radius 1 is 0.475 bits per heavy atom. The van der Waals surface area contributed by atoms with Crippen molar-refractivity contribution in [2.75, 3.05) is 4.90 Å². The standard InChI is InChI=1S/C51H54N2O6/c1-9-28-50(7,11-3)35-14-13-15-36(30-35)52-45(54)41-26-24-39(31-43(41)46(52)55)58-37-20-16-33(17-21-37)49(5,6)34-18-22-38(23-19-34)59-40-25-27-42-44(32-40)48(57)53(47(42)56)51(8,12-4)29-10-2/h13-27,30-32H,9-12,28-29H2,1-8H3. The molecule has 2 aliphatic heterocycles. The van der Waals surface area contributed by atoms with Crippen LogP contribution in [-0.2, 0) is 10.8 Å². The third-order valence-electron chi connectivity index (χ3n) is 12.8. The minimum absolute atomic E-state index is 0.0395. The highest BCUT2D eigenvalue weighted by molar-refractivity contribution is 6.34. The Morgan fingerprint density at radius 2 is 0.949 bits per heavy atom. The minimum atomic E-state index is -0.534. The molecular weight excluding hydrogens is 737 g/mol. The van der Waals surface area contributed by atoms with Gasteiger partial charge in [0.2, 0.25) is 0 Å². The van der Waals surface area contributed by atoms with Gasteiger partial charge in [0, 0.05) is 11.0 Å². The number of carbonyl (C=O) groups excluding carboxylic acids is 4. The molecule has 0 radical (unpaired) electrons. The maximum Gasteiger partial charge on any atom is 0.266 e. The third-order valence-corrected chi connectivity index (χ3v) is 12.8. The van der Waals surface area contributed by atoms with E-state index in [1.54, 1.807) is 36.4 Å². The smallest absolute Gasteiger partial charge is 0.266 e. The van der Waals surface area contributed by atoms with Crippen molar-refractivity contribution < 1.29 is 28.7 Å².